The Balaban J connectivity index is 0.00000400. The lowest BCUT2D eigenvalue weighted by atomic mass is 10.0. The van der Waals surface area contributed by atoms with Crippen molar-refractivity contribution in [1.29, 1.82) is 0 Å². The molecule has 120 valence electrons. The van der Waals surface area contributed by atoms with E-state index in [9.17, 15) is 4.79 Å². The highest BCUT2D eigenvalue weighted by Crippen LogP contribution is 2.27. The van der Waals surface area contributed by atoms with E-state index in [0.717, 1.165) is 10.9 Å². The number of ether oxygens (including phenoxy) is 1. The summed E-state index contributed by atoms with van der Waals surface area (Å²) in [5.74, 6) is 0.768. The third-order valence-electron chi connectivity index (χ3n) is 2.66. The summed E-state index contributed by atoms with van der Waals surface area (Å²) in [5.41, 5.74) is 5.64. The molecule has 21 heavy (non-hydrogen) atoms. The summed E-state index contributed by atoms with van der Waals surface area (Å²) in [5, 5.41) is 3.32. The van der Waals surface area contributed by atoms with Crippen LogP contribution in [0.25, 0.3) is 0 Å². The molecule has 0 saturated carbocycles. The highest BCUT2D eigenvalue weighted by molar-refractivity contribution is 9.10. The van der Waals surface area contributed by atoms with E-state index in [-0.39, 0.29) is 31.0 Å². The van der Waals surface area contributed by atoms with Gasteiger partial charge in [0, 0.05) is 17.1 Å². The fraction of sp³-hybridized carbons (Fsp3) is 0.500. The molecule has 0 spiro atoms. The van der Waals surface area contributed by atoms with Gasteiger partial charge in [0.25, 0.3) is 5.91 Å². The van der Waals surface area contributed by atoms with Gasteiger partial charge < -0.3 is 15.8 Å². The summed E-state index contributed by atoms with van der Waals surface area (Å²) >= 11 is 9.32. The number of nitrogens with one attached hydrogen (secondary N) is 1. The third-order valence-corrected chi connectivity index (χ3v) is 3.45. The first-order valence-corrected chi connectivity index (χ1v) is 7.66. The second-order valence-corrected chi connectivity index (χ2v) is 6.32. The third kappa shape index (κ3) is 7.90. The maximum Gasteiger partial charge on any atom is 0.258 e. The number of hydrogen-bond acceptors (Lipinski definition) is 3. The molecule has 1 aromatic rings. The molecule has 1 unspecified atom stereocenters. The predicted octanol–water partition coefficient (Wildman–Crippen LogP) is 3.39. The van der Waals surface area contributed by atoms with Gasteiger partial charge in [0.05, 0.1) is 5.02 Å². The molecule has 7 heteroatoms. The number of benzene rings is 1. The van der Waals surface area contributed by atoms with Gasteiger partial charge in [0.15, 0.2) is 6.61 Å². The molecule has 4 nitrogen and oxygen atoms in total. The van der Waals surface area contributed by atoms with Crippen LogP contribution >= 0.6 is 39.9 Å². The van der Waals surface area contributed by atoms with Crippen molar-refractivity contribution in [3.63, 3.8) is 0 Å². The van der Waals surface area contributed by atoms with E-state index in [0.29, 0.717) is 23.2 Å². The van der Waals surface area contributed by atoms with Gasteiger partial charge in [-0.15, -0.1) is 12.4 Å². The van der Waals surface area contributed by atoms with Crippen LogP contribution in [0.4, 0.5) is 0 Å². The number of rotatable bonds is 7. The summed E-state index contributed by atoms with van der Waals surface area (Å²) in [6.07, 6.45) is 0.848. The zero-order valence-corrected chi connectivity index (χ0v) is 15.2. The molecule has 0 radical (unpaired) electrons. The summed E-state index contributed by atoms with van der Waals surface area (Å²) in [4.78, 5) is 11.8. The molecule has 0 aliphatic rings. The minimum atomic E-state index is -0.194. The SMILES string of the molecule is CC(C)CC(CN)NC(=O)COc1ccc(Br)cc1Cl.Cl. The Kier molecular flexibility index (Phi) is 10.0. The molecular formula is C14H21BrCl2N2O2. The summed E-state index contributed by atoms with van der Waals surface area (Å²) in [6.45, 7) is 4.53. The van der Waals surface area contributed by atoms with Crippen molar-refractivity contribution >= 4 is 45.8 Å². The molecule has 3 N–H and O–H groups in total. The lowest BCUT2D eigenvalue weighted by molar-refractivity contribution is -0.123. The predicted molar refractivity (Wildman–Crippen MR) is 92.3 cm³/mol. The molecule has 0 aromatic heterocycles. The van der Waals surface area contributed by atoms with E-state index < -0.39 is 0 Å². The van der Waals surface area contributed by atoms with E-state index in [1.165, 1.54) is 0 Å². The van der Waals surface area contributed by atoms with Crippen LogP contribution in [0.3, 0.4) is 0 Å². The number of hydrogen-bond donors (Lipinski definition) is 2. The van der Waals surface area contributed by atoms with Crippen molar-refractivity contribution in [1.82, 2.24) is 5.32 Å². The largest absolute Gasteiger partial charge is 0.482 e. The van der Waals surface area contributed by atoms with Crippen molar-refractivity contribution in [3.05, 3.63) is 27.7 Å². The topological polar surface area (TPSA) is 64.3 Å². The lowest BCUT2D eigenvalue weighted by Crippen LogP contribution is -2.43. The lowest BCUT2D eigenvalue weighted by Gasteiger charge is -2.19. The fourth-order valence-electron chi connectivity index (χ4n) is 1.79. The average molecular weight is 400 g/mol. The van der Waals surface area contributed by atoms with Crippen molar-refractivity contribution < 1.29 is 9.53 Å². The van der Waals surface area contributed by atoms with Crippen LogP contribution in [0.2, 0.25) is 5.02 Å². The van der Waals surface area contributed by atoms with E-state index in [4.69, 9.17) is 22.1 Å². The van der Waals surface area contributed by atoms with Crippen molar-refractivity contribution in [2.24, 2.45) is 11.7 Å². The average Bonchev–Trinajstić information content (AvgIpc) is 2.36. The first-order chi connectivity index (χ1) is 9.42. The Morgan fingerprint density at radius 3 is 2.67 bits per heavy atom. The Hall–Kier alpha value is -0.490. The van der Waals surface area contributed by atoms with Gasteiger partial charge in [-0.1, -0.05) is 41.4 Å². The van der Waals surface area contributed by atoms with E-state index in [1.54, 1.807) is 18.2 Å². The summed E-state index contributed by atoms with van der Waals surface area (Å²) < 4.78 is 6.26. The van der Waals surface area contributed by atoms with Crippen LogP contribution in [-0.2, 0) is 4.79 Å². The Morgan fingerprint density at radius 2 is 2.14 bits per heavy atom. The minimum Gasteiger partial charge on any atom is -0.482 e. The maximum atomic E-state index is 11.8. The van der Waals surface area contributed by atoms with Gasteiger partial charge in [-0.05, 0) is 30.5 Å². The van der Waals surface area contributed by atoms with Crippen LogP contribution in [0.5, 0.6) is 5.75 Å². The quantitative estimate of drug-likeness (QED) is 0.738. The van der Waals surface area contributed by atoms with Gasteiger partial charge in [0.1, 0.15) is 5.75 Å². The van der Waals surface area contributed by atoms with Crippen LogP contribution in [-0.4, -0.2) is 25.1 Å². The number of nitrogens with two attached hydrogens (primary N) is 1. The van der Waals surface area contributed by atoms with E-state index in [1.807, 2.05) is 0 Å². The molecule has 1 aromatic carbocycles. The molecule has 0 bridgehead atoms. The molecule has 1 rings (SSSR count). The second kappa shape index (κ2) is 10.3. The van der Waals surface area contributed by atoms with E-state index >= 15 is 0 Å². The summed E-state index contributed by atoms with van der Waals surface area (Å²) in [6, 6.07) is 5.22. The zero-order valence-electron chi connectivity index (χ0n) is 12.1. The minimum absolute atomic E-state index is 0. The Labute approximate surface area is 145 Å². The number of carbonyl (C=O) groups is 1. The first kappa shape index (κ1) is 20.5. The number of amides is 1. The molecule has 0 fully saturated rings. The highest BCUT2D eigenvalue weighted by Gasteiger charge is 2.13. The molecule has 0 saturated heterocycles. The van der Waals surface area contributed by atoms with E-state index in [2.05, 4.69) is 35.1 Å². The van der Waals surface area contributed by atoms with Crippen LogP contribution in [0.1, 0.15) is 20.3 Å². The smallest absolute Gasteiger partial charge is 0.258 e. The molecule has 0 aliphatic carbocycles. The van der Waals surface area contributed by atoms with Crippen LogP contribution in [0.15, 0.2) is 22.7 Å². The standard InChI is InChI=1S/C14H20BrClN2O2.ClH/c1-9(2)5-11(7-17)18-14(19)8-20-13-4-3-10(15)6-12(13)16;/h3-4,6,9,11H,5,7-8,17H2,1-2H3,(H,18,19);1H. The van der Waals surface area contributed by atoms with Gasteiger partial charge in [-0.25, -0.2) is 0 Å². The number of carbonyl (C=O) groups excluding carboxylic acids is 1. The molecule has 1 atom stereocenters. The first-order valence-electron chi connectivity index (χ1n) is 6.49. The molecule has 0 heterocycles. The highest BCUT2D eigenvalue weighted by atomic mass is 79.9. The Morgan fingerprint density at radius 1 is 1.48 bits per heavy atom. The van der Waals surface area contributed by atoms with Crippen LogP contribution in [0, 0.1) is 5.92 Å². The zero-order chi connectivity index (χ0) is 15.1. The fourth-order valence-corrected chi connectivity index (χ4v) is 2.52. The van der Waals surface area contributed by atoms with Gasteiger partial charge >= 0.3 is 0 Å². The summed E-state index contributed by atoms with van der Waals surface area (Å²) in [7, 11) is 0. The van der Waals surface area contributed by atoms with Crippen LogP contribution < -0.4 is 15.8 Å². The van der Waals surface area contributed by atoms with Gasteiger partial charge in [-0.3, -0.25) is 4.79 Å². The van der Waals surface area contributed by atoms with Crippen molar-refractivity contribution in [2.75, 3.05) is 13.2 Å². The molecule has 1 amide bonds. The molecule has 0 aliphatic heterocycles. The number of halogens is 3. The Bertz CT molecular complexity index is 459. The monoisotopic (exact) mass is 398 g/mol. The maximum absolute atomic E-state index is 11.8. The van der Waals surface area contributed by atoms with Gasteiger partial charge in [0.2, 0.25) is 0 Å². The molecular weight excluding hydrogens is 379 g/mol. The van der Waals surface area contributed by atoms with Gasteiger partial charge in [-0.2, -0.15) is 0 Å². The normalized spacial score (nSPS) is 11.7. The van der Waals surface area contributed by atoms with Crippen molar-refractivity contribution in [3.8, 4) is 5.75 Å². The second-order valence-electron chi connectivity index (χ2n) is 4.99. The van der Waals surface area contributed by atoms with Crippen molar-refractivity contribution in [2.45, 2.75) is 26.3 Å².